The van der Waals surface area contributed by atoms with Crippen LogP contribution >= 0.6 is 15.9 Å². The Morgan fingerprint density at radius 2 is 1.83 bits per heavy atom. The molecule has 0 aliphatic rings. The van der Waals surface area contributed by atoms with E-state index in [1.165, 1.54) is 0 Å². The van der Waals surface area contributed by atoms with E-state index in [-0.39, 0.29) is 18.1 Å². The summed E-state index contributed by atoms with van der Waals surface area (Å²) >= 11 is 3.49. The van der Waals surface area contributed by atoms with Crippen molar-refractivity contribution in [3.05, 3.63) is 34.3 Å². The van der Waals surface area contributed by atoms with Crippen LogP contribution in [-0.2, 0) is 0 Å². The van der Waals surface area contributed by atoms with Crippen LogP contribution in [0.25, 0.3) is 0 Å². The molecule has 0 unspecified atom stereocenters. The number of carbonyl (C=O) groups excluding carboxylic acids is 1. The Balaban J connectivity index is 2.57. The van der Waals surface area contributed by atoms with Crippen LogP contribution in [0.1, 0.15) is 45.2 Å². The van der Waals surface area contributed by atoms with Crippen LogP contribution in [-0.4, -0.2) is 12.1 Å². The third-order valence-electron chi connectivity index (χ3n) is 3.04. The highest BCUT2D eigenvalue weighted by atomic mass is 79.9. The van der Waals surface area contributed by atoms with Crippen molar-refractivity contribution in [3.63, 3.8) is 0 Å². The second-order valence-corrected chi connectivity index (χ2v) is 5.23. The summed E-state index contributed by atoms with van der Waals surface area (Å²) in [5.41, 5.74) is 1.08. The lowest BCUT2D eigenvalue weighted by Gasteiger charge is -2.19. The summed E-state index contributed by atoms with van der Waals surface area (Å²) in [6.45, 7) is 6.13. The zero-order valence-electron chi connectivity index (χ0n) is 11.2. The average molecular weight is 313 g/mol. The Morgan fingerprint density at radius 1 is 1.22 bits per heavy atom. The maximum atomic E-state index is 11.8. The van der Waals surface area contributed by atoms with Crippen LogP contribution < -0.4 is 10.6 Å². The molecule has 3 nitrogen and oxygen atoms in total. The molecule has 0 aliphatic carbocycles. The third-order valence-corrected chi connectivity index (χ3v) is 3.76. The van der Waals surface area contributed by atoms with Crippen molar-refractivity contribution in [1.29, 1.82) is 0 Å². The number of halogens is 1. The minimum atomic E-state index is -0.105. The Bertz CT molecular complexity index is 391. The predicted octanol–water partition coefficient (Wildman–Crippen LogP) is 4.00. The second-order valence-electron chi connectivity index (χ2n) is 4.37. The van der Waals surface area contributed by atoms with Crippen LogP contribution in [0.4, 0.5) is 4.79 Å². The molecule has 18 heavy (non-hydrogen) atoms. The van der Waals surface area contributed by atoms with Crippen LogP contribution in [0.5, 0.6) is 0 Å². The van der Waals surface area contributed by atoms with Gasteiger partial charge in [0.15, 0.2) is 0 Å². The van der Waals surface area contributed by atoms with Crippen molar-refractivity contribution in [2.24, 2.45) is 0 Å². The molecule has 0 heterocycles. The fourth-order valence-electron chi connectivity index (χ4n) is 1.82. The molecule has 0 radical (unpaired) electrons. The molecule has 1 rings (SSSR count). The molecule has 0 bridgehead atoms. The fourth-order valence-corrected chi connectivity index (χ4v) is 2.45. The highest BCUT2D eigenvalue weighted by Gasteiger charge is 2.13. The molecule has 4 heteroatoms. The van der Waals surface area contributed by atoms with E-state index in [4.69, 9.17) is 0 Å². The van der Waals surface area contributed by atoms with Gasteiger partial charge in [-0.15, -0.1) is 0 Å². The molecule has 0 spiro atoms. The van der Waals surface area contributed by atoms with Gasteiger partial charge in [0.05, 0.1) is 6.04 Å². The van der Waals surface area contributed by atoms with Gasteiger partial charge in [0.1, 0.15) is 0 Å². The summed E-state index contributed by atoms with van der Waals surface area (Å²) in [5, 5.41) is 5.93. The SMILES string of the molecule is CCC(CC)NC(=O)N[C@H](C)c1ccccc1Br. The first-order valence-corrected chi connectivity index (χ1v) is 7.19. The number of rotatable bonds is 5. The van der Waals surface area contributed by atoms with Crippen molar-refractivity contribution in [2.75, 3.05) is 0 Å². The highest BCUT2D eigenvalue weighted by Crippen LogP contribution is 2.22. The fraction of sp³-hybridized carbons (Fsp3) is 0.500. The molecule has 2 amide bonds. The Labute approximate surface area is 117 Å². The molecule has 100 valence electrons. The maximum absolute atomic E-state index is 11.8. The number of urea groups is 1. The Morgan fingerprint density at radius 3 is 2.39 bits per heavy atom. The Hall–Kier alpha value is -1.03. The highest BCUT2D eigenvalue weighted by molar-refractivity contribution is 9.10. The van der Waals surface area contributed by atoms with E-state index in [1.54, 1.807) is 0 Å². The standard InChI is InChI=1S/C14H21BrN2O/c1-4-11(5-2)17-14(18)16-10(3)12-8-6-7-9-13(12)15/h6-11H,4-5H2,1-3H3,(H2,16,17,18)/t10-/m1/s1. The minimum Gasteiger partial charge on any atom is -0.335 e. The minimum absolute atomic E-state index is 0.0186. The smallest absolute Gasteiger partial charge is 0.315 e. The van der Waals surface area contributed by atoms with E-state index in [2.05, 4.69) is 40.4 Å². The second kappa shape index (κ2) is 7.41. The topological polar surface area (TPSA) is 41.1 Å². The first-order valence-electron chi connectivity index (χ1n) is 6.39. The quantitative estimate of drug-likeness (QED) is 0.847. The largest absolute Gasteiger partial charge is 0.335 e. The third kappa shape index (κ3) is 4.33. The number of nitrogens with one attached hydrogen (secondary N) is 2. The molecule has 1 aromatic rings. The van der Waals surface area contributed by atoms with Crippen LogP contribution in [0.3, 0.4) is 0 Å². The molecule has 2 N–H and O–H groups in total. The van der Waals surface area contributed by atoms with Gasteiger partial charge in [0, 0.05) is 10.5 Å². The van der Waals surface area contributed by atoms with Gasteiger partial charge < -0.3 is 10.6 Å². The van der Waals surface area contributed by atoms with Gasteiger partial charge in [-0.2, -0.15) is 0 Å². The monoisotopic (exact) mass is 312 g/mol. The molecule has 0 saturated heterocycles. The summed E-state index contributed by atoms with van der Waals surface area (Å²) in [6, 6.07) is 8.04. The van der Waals surface area contributed by atoms with Crippen molar-refractivity contribution in [1.82, 2.24) is 10.6 Å². The number of amides is 2. The van der Waals surface area contributed by atoms with Gasteiger partial charge >= 0.3 is 6.03 Å². The van der Waals surface area contributed by atoms with E-state index in [0.29, 0.717) is 0 Å². The molecular formula is C14H21BrN2O. The van der Waals surface area contributed by atoms with Crippen LogP contribution in [0.2, 0.25) is 0 Å². The molecule has 0 aliphatic heterocycles. The predicted molar refractivity (Wildman–Crippen MR) is 78.6 cm³/mol. The summed E-state index contributed by atoms with van der Waals surface area (Å²) in [7, 11) is 0. The summed E-state index contributed by atoms with van der Waals surface area (Å²) in [5.74, 6) is 0. The lowest BCUT2D eigenvalue weighted by Crippen LogP contribution is -2.42. The first-order chi connectivity index (χ1) is 8.58. The number of carbonyl (C=O) groups is 1. The normalized spacial score (nSPS) is 12.3. The van der Waals surface area contributed by atoms with Crippen molar-refractivity contribution in [3.8, 4) is 0 Å². The molecule has 1 atom stereocenters. The lowest BCUT2D eigenvalue weighted by molar-refractivity contribution is 0.233. The summed E-state index contributed by atoms with van der Waals surface area (Å²) in [6.07, 6.45) is 1.90. The van der Waals surface area contributed by atoms with Crippen LogP contribution in [0.15, 0.2) is 28.7 Å². The van der Waals surface area contributed by atoms with Gasteiger partial charge in [0.2, 0.25) is 0 Å². The van der Waals surface area contributed by atoms with Crippen molar-refractivity contribution < 1.29 is 4.79 Å². The molecular weight excluding hydrogens is 292 g/mol. The Kier molecular flexibility index (Phi) is 6.19. The molecule has 1 aromatic carbocycles. The number of hydrogen-bond acceptors (Lipinski definition) is 1. The molecule has 0 saturated carbocycles. The summed E-state index contributed by atoms with van der Waals surface area (Å²) in [4.78, 5) is 11.8. The van der Waals surface area contributed by atoms with Crippen LogP contribution in [0, 0.1) is 0 Å². The average Bonchev–Trinajstić information content (AvgIpc) is 2.36. The van der Waals surface area contributed by atoms with Crippen molar-refractivity contribution >= 4 is 22.0 Å². The van der Waals surface area contributed by atoms with Gasteiger partial charge in [-0.25, -0.2) is 4.79 Å². The van der Waals surface area contributed by atoms with Gasteiger partial charge in [0.25, 0.3) is 0 Å². The van der Waals surface area contributed by atoms with E-state index >= 15 is 0 Å². The lowest BCUT2D eigenvalue weighted by atomic mass is 10.1. The van der Waals surface area contributed by atoms with Crippen molar-refractivity contribution in [2.45, 2.75) is 45.7 Å². The zero-order valence-corrected chi connectivity index (χ0v) is 12.8. The maximum Gasteiger partial charge on any atom is 0.315 e. The zero-order chi connectivity index (χ0) is 13.5. The van der Waals surface area contributed by atoms with Gasteiger partial charge in [-0.3, -0.25) is 0 Å². The van der Waals surface area contributed by atoms with Gasteiger partial charge in [-0.1, -0.05) is 48.0 Å². The van der Waals surface area contributed by atoms with E-state index in [0.717, 1.165) is 22.9 Å². The first kappa shape index (κ1) is 15.0. The summed E-state index contributed by atoms with van der Waals surface area (Å²) < 4.78 is 1.01. The number of hydrogen-bond donors (Lipinski definition) is 2. The van der Waals surface area contributed by atoms with E-state index in [9.17, 15) is 4.79 Å². The van der Waals surface area contributed by atoms with Gasteiger partial charge in [-0.05, 0) is 31.4 Å². The molecule has 0 fully saturated rings. The van der Waals surface area contributed by atoms with E-state index in [1.807, 2.05) is 31.2 Å². The molecule has 0 aromatic heterocycles. The van der Waals surface area contributed by atoms with E-state index < -0.39 is 0 Å². The number of benzene rings is 1.